The molecular formula is C12H16N2O2. The van der Waals surface area contributed by atoms with Crippen molar-refractivity contribution in [2.75, 3.05) is 12.4 Å². The summed E-state index contributed by atoms with van der Waals surface area (Å²) in [6.07, 6.45) is 4.19. The van der Waals surface area contributed by atoms with Crippen molar-refractivity contribution in [2.24, 2.45) is 5.92 Å². The molecule has 1 atom stereocenters. The van der Waals surface area contributed by atoms with Gasteiger partial charge in [-0.3, -0.25) is 0 Å². The Morgan fingerprint density at radius 1 is 1.62 bits per heavy atom. The van der Waals surface area contributed by atoms with Crippen LogP contribution in [0.3, 0.4) is 0 Å². The van der Waals surface area contributed by atoms with E-state index in [1.54, 1.807) is 18.3 Å². The molecular weight excluding hydrogens is 204 g/mol. The van der Waals surface area contributed by atoms with E-state index in [9.17, 15) is 4.79 Å². The van der Waals surface area contributed by atoms with Gasteiger partial charge in [0.05, 0.1) is 7.11 Å². The van der Waals surface area contributed by atoms with Crippen LogP contribution in [0.5, 0.6) is 0 Å². The number of aromatic nitrogens is 1. The minimum Gasteiger partial charge on any atom is -0.465 e. The molecule has 0 spiro atoms. The molecule has 1 aromatic rings. The summed E-state index contributed by atoms with van der Waals surface area (Å²) < 4.78 is 4.72. The Bertz CT molecular complexity index is 388. The van der Waals surface area contributed by atoms with Crippen LogP contribution in [0, 0.1) is 5.92 Å². The third-order valence-electron chi connectivity index (χ3n) is 2.91. The van der Waals surface area contributed by atoms with Crippen LogP contribution in [0.25, 0.3) is 0 Å². The number of rotatable bonds is 4. The van der Waals surface area contributed by atoms with E-state index in [2.05, 4.69) is 17.2 Å². The van der Waals surface area contributed by atoms with Gasteiger partial charge in [0, 0.05) is 12.2 Å². The standard InChI is InChI=1S/C12H16N2O2/c1-8(9-5-6-9)14-11-10(12(15)16-2)4-3-7-13-11/h3-4,7-9H,5-6H2,1-2H3,(H,13,14). The number of pyridine rings is 1. The minimum absolute atomic E-state index is 0.349. The zero-order valence-corrected chi connectivity index (χ0v) is 9.56. The van der Waals surface area contributed by atoms with Crippen molar-refractivity contribution >= 4 is 11.8 Å². The maximum Gasteiger partial charge on any atom is 0.341 e. The van der Waals surface area contributed by atoms with Crippen LogP contribution >= 0.6 is 0 Å². The second kappa shape index (κ2) is 4.51. The number of hydrogen-bond acceptors (Lipinski definition) is 4. The van der Waals surface area contributed by atoms with Gasteiger partial charge < -0.3 is 10.1 Å². The van der Waals surface area contributed by atoms with Crippen molar-refractivity contribution in [3.63, 3.8) is 0 Å². The Hall–Kier alpha value is -1.58. The van der Waals surface area contributed by atoms with Gasteiger partial charge in [0.2, 0.25) is 0 Å². The molecule has 0 aromatic carbocycles. The van der Waals surface area contributed by atoms with Gasteiger partial charge in [-0.05, 0) is 37.8 Å². The van der Waals surface area contributed by atoms with Gasteiger partial charge in [-0.15, -0.1) is 0 Å². The largest absolute Gasteiger partial charge is 0.465 e. The topological polar surface area (TPSA) is 51.2 Å². The lowest BCUT2D eigenvalue weighted by Crippen LogP contribution is -2.20. The molecule has 1 heterocycles. The van der Waals surface area contributed by atoms with Crippen LogP contribution in [0.2, 0.25) is 0 Å². The number of hydrogen-bond donors (Lipinski definition) is 1. The first-order valence-electron chi connectivity index (χ1n) is 5.52. The summed E-state index contributed by atoms with van der Waals surface area (Å²) in [6.45, 7) is 2.12. The molecule has 2 rings (SSSR count). The van der Waals surface area contributed by atoms with Gasteiger partial charge in [0.25, 0.3) is 0 Å². The highest BCUT2D eigenvalue weighted by Crippen LogP contribution is 2.34. The van der Waals surface area contributed by atoms with Gasteiger partial charge >= 0.3 is 5.97 Å². The van der Waals surface area contributed by atoms with Crippen molar-refractivity contribution in [2.45, 2.75) is 25.8 Å². The third kappa shape index (κ3) is 2.32. The second-order valence-electron chi connectivity index (χ2n) is 4.16. The summed E-state index contributed by atoms with van der Waals surface area (Å²) in [5, 5.41) is 3.28. The molecule has 0 amide bonds. The van der Waals surface area contributed by atoms with Gasteiger partial charge in [-0.25, -0.2) is 9.78 Å². The summed E-state index contributed by atoms with van der Waals surface area (Å²) in [7, 11) is 1.38. The molecule has 4 heteroatoms. The number of anilines is 1. The first-order valence-corrected chi connectivity index (χ1v) is 5.52. The molecule has 16 heavy (non-hydrogen) atoms. The number of carbonyl (C=O) groups is 1. The Labute approximate surface area is 95.0 Å². The molecule has 86 valence electrons. The van der Waals surface area contributed by atoms with Crippen LogP contribution in [0.15, 0.2) is 18.3 Å². The van der Waals surface area contributed by atoms with Gasteiger partial charge in [-0.2, -0.15) is 0 Å². The Balaban J connectivity index is 2.15. The van der Waals surface area contributed by atoms with E-state index in [0.29, 0.717) is 23.3 Å². The van der Waals surface area contributed by atoms with E-state index < -0.39 is 0 Å². The van der Waals surface area contributed by atoms with Crippen LogP contribution in [0.1, 0.15) is 30.1 Å². The van der Waals surface area contributed by atoms with Crippen LogP contribution in [0.4, 0.5) is 5.82 Å². The molecule has 0 bridgehead atoms. The van der Waals surface area contributed by atoms with Gasteiger partial charge in [-0.1, -0.05) is 0 Å². The monoisotopic (exact) mass is 220 g/mol. The van der Waals surface area contributed by atoms with E-state index in [1.807, 2.05) is 0 Å². The Kier molecular flexibility index (Phi) is 3.08. The smallest absolute Gasteiger partial charge is 0.341 e. The molecule has 1 aliphatic rings. The molecule has 1 aliphatic carbocycles. The van der Waals surface area contributed by atoms with Crippen molar-refractivity contribution < 1.29 is 9.53 Å². The highest BCUT2D eigenvalue weighted by molar-refractivity contribution is 5.94. The SMILES string of the molecule is COC(=O)c1cccnc1NC(C)C1CC1. The molecule has 1 N–H and O–H groups in total. The number of esters is 1. The predicted octanol–water partition coefficient (Wildman–Crippen LogP) is 2.08. The lowest BCUT2D eigenvalue weighted by Gasteiger charge is -2.15. The van der Waals surface area contributed by atoms with Crippen molar-refractivity contribution in [3.8, 4) is 0 Å². The number of nitrogens with one attached hydrogen (secondary N) is 1. The molecule has 1 unspecified atom stereocenters. The highest BCUT2D eigenvalue weighted by Gasteiger charge is 2.28. The maximum absolute atomic E-state index is 11.5. The zero-order chi connectivity index (χ0) is 11.5. The Morgan fingerprint density at radius 3 is 3.00 bits per heavy atom. The maximum atomic E-state index is 11.5. The van der Waals surface area contributed by atoms with Crippen molar-refractivity contribution in [3.05, 3.63) is 23.9 Å². The summed E-state index contributed by atoms with van der Waals surface area (Å²) in [5.74, 6) is 0.986. The average molecular weight is 220 g/mol. The first kappa shape index (κ1) is 10.9. The summed E-state index contributed by atoms with van der Waals surface area (Å²) >= 11 is 0. The molecule has 4 nitrogen and oxygen atoms in total. The second-order valence-corrected chi connectivity index (χ2v) is 4.16. The van der Waals surface area contributed by atoms with Gasteiger partial charge in [0.15, 0.2) is 0 Å². The lowest BCUT2D eigenvalue weighted by atomic mass is 10.2. The molecule has 1 fully saturated rings. The normalized spacial score (nSPS) is 16.6. The zero-order valence-electron chi connectivity index (χ0n) is 9.56. The first-order chi connectivity index (χ1) is 7.72. The van der Waals surface area contributed by atoms with Crippen LogP contribution in [-0.2, 0) is 4.74 Å². The number of methoxy groups -OCH3 is 1. The highest BCUT2D eigenvalue weighted by atomic mass is 16.5. The summed E-state index contributed by atoms with van der Waals surface area (Å²) in [6, 6.07) is 3.82. The molecule has 1 saturated carbocycles. The molecule has 0 radical (unpaired) electrons. The Morgan fingerprint density at radius 2 is 2.38 bits per heavy atom. The average Bonchev–Trinajstić information content (AvgIpc) is 3.12. The molecule has 1 aromatic heterocycles. The quantitative estimate of drug-likeness (QED) is 0.789. The number of carbonyl (C=O) groups excluding carboxylic acids is 1. The van der Waals surface area contributed by atoms with E-state index in [1.165, 1.54) is 20.0 Å². The fraction of sp³-hybridized carbons (Fsp3) is 0.500. The fourth-order valence-corrected chi connectivity index (χ4v) is 1.72. The van der Waals surface area contributed by atoms with Crippen molar-refractivity contribution in [1.29, 1.82) is 0 Å². The fourth-order valence-electron chi connectivity index (χ4n) is 1.72. The van der Waals surface area contributed by atoms with Crippen LogP contribution in [-0.4, -0.2) is 24.1 Å². The van der Waals surface area contributed by atoms with E-state index in [-0.39, 0.29) is 5.97 Å². The minimum atomic E-state index is -0.349. The van der Waals surface area contributed by atoms with Crippen LogP contribution < -0.4 is 5.32 Å². The predicted molar refractivity (Wildman–Crippen MR) is 61.4 cm³/mol. The van der Waals surface area contributed by atoms with Crippen molar-refractivity contribution in [1.82, 2.24) is 4.98 Å². The van der Waals surface area contributed by atoms with Gasteiger partial charge in [0.1, 0.15) is 11.4 Å². The van der Waals surface area contributed by atoms with E-state index in [0.717, 1.165) is 0 Å². The number of nitrogens with zero attached hydrogens (tertiary/aromatic N) is 1. The van der Waals surface area contributed by atoms with E-state index >= 15 is 0 Å². The molecule has 0 saturated heterocycles. The number of ether oxygens (including phenoxy) is 1. The summed E-state index contributed by atoms with van der Waals surface area (Å²) in [5.41, 5.74) is 0.498. The molecule has 0 aliphatic heterocycles. The third-order valence-corrected chi connectivity index (χ3v) is 2.91. The summed E-state index contributed by atoms with van der Waals surface area (Å²) in [4.78, 5) is 15.7. The lowest BCUT2D eigenvalue weighted by molar-refractivity contribution is 0.0601. The van der Waals surface area contributed by atoms with E-state index in [4.69, 9.17) is 4.74 Å².